The molecule has 0 atom stereocenters. The van der Waals surface area contributed by atoms with Gasteiger partial charge < -0.3 is 10.2 Å². The molecule has 0 radical (unpaired) electrons. The molecule has 7 nitrogen and oxygen atoms in total. The van der Waals surface area contributed by atoms with Crippen LogP contribution >= 0.6 is 0 Å². The monoisotopic (exact) mass is 363 g/mol. The molecule has 2 amide bonds. The Bertz CT molecular complexity index is 1010. The van der Waals surface area contributed by atoms with E-state index < -0.39 is 0 Å². The topological polar surface area (TPSA) is 87.2 Å². The summed E-state index contributed by atoms with van der Waals surface area (Å²) in [7, 11) is 3.79. The highest BCUT2D eigenvalue weighted by atomic mass is 16.2. The van der Waals surface area contributed by atoms with Crippen LogP contribution in [-0.2, 0) is 9.59 Å². The Morgan fingerprint density at radius 2 is 1.48 bits per heavy atom. The minimum Gasteiger partial charge on any atom is -0.362 e. The third-order valence-electron chi connectivity index (χ3n) is 3.93. The van der Waals surface area contributed by atoms with Gasteiger partial charge in [-0.15, -0.1) is 0 Å². The van der Waals surface area contributed by atoms with Gasteiger partial charge in [0.15, 0.2) is 0 Å². The molecule has 3 aromatic rings. The molecule has 0 unspecified atom stereocenters. The van der Waals surface area contributed by atoms with Gasteiger partial charge in [0.25, 0.3) is 0 Å². The molecular weight excluding hydrogens is 342 g/mol. The molecule has 0 spiro atoms. The van der Waals surface area contributed by atoms with Crippen molar-refractivity contribution in [1.82, 2.24) is 9.97 Å². The maximum absolute atomic E-state index is 11.3. The van der Waals surface area contributed by atoms with E-state index in [0.29, 0.717) is 0 Å². The zero-order valence-electron chi connectivity index (χ0n) is 15.7. The Labute approximate surface area is 157 Å². The Kier molecular flexibility index (Phi) is 5.03. The Morgan fingerprint density at radius 1 is 0.852 bits per heavy atom. The lowest BCUT2D eigenvalue weighted by Crippen LogP contribution is -2.15. The van der Waals surface area contributed by atoms with E-state index >= 15 is 0 Å². The number of nitrogens with one attached hydrogen (secondary N) is 2. The molecule has 3 rings (SSSR count). The average Bonchev–Trinajstić information content (AvgIpc) is 2.60. The summed E-state index contributed by atoms with van der Waals surface area (Å²) in [4.78, 5) is 33.3. The molecule has 2 aromatic carbocycles. The predicted molar refractivity (Wildman–Crippen MR) is 108 cm³/mol. The highest BCUT2D eigenvalue weighted by Crippen LogP contribution is 2.30. The maximum Gasteiger partial charge on any atom is 0.231 e. The van der Waals surface area contributed by atoms with Gasteiger partial charge >= 0.3 is 0 Å². The zero-order valence-corrected chi connectivity index (χ0v) is 15.7. The summed E-state index contributed by atoms with van der Waals surface area (Å²) in [6, 6.07) is 13.5. The van der Waals surface area contributed by atoms with Crippen LogP contribution in [0.5, 0.6) is 0 Å². The number of rotatable bonds is 4. The molecule has 138 valence electrons. The Balaban J connectivity index is 2.04. The largest absolute Gasteiger partial charge is 0.362 e. The van der Waals surface area contributed by atoms with E-state index in [9.17, 15) is 9.59 Å². The normalized spacial score (nSPS) is 10.5. The second-order valence-electron chi connectivity index (χ2n) is 6.44. The minimum atomic E-state index is -0.213. The Hall–Kier alpha value is -3.48. The molecule has 1 heterocycles. The van der Waals surface area contributed by atoms with Crippen LogP contribution in [0.25, 0.3) is 22.0 Å². The molecule has 1 aromatic heterocycles. The molecule has 0 saturated heterocycles. The lowest BCUT2D eigenvalue weighted by atomic mass is 10.0. The molecule has 0 saturated carbocycles. The SMILES string of the molecule is CC(=O)Nc1ccc(-c2ccc3nc(NC(C)=O)nc(N(C)C)c3c2)cc1. The number of hydrogen-bond acceptors (Lipinski definition) is 5. The number of carbonyl (C=O) groups is 2. The number of benzene rings is 2. The molecule has 0 fully saturated rings. The van der Waals surface area contributed by atoms with Gasteiger partial charge in [0.05, 0.1) is 5.52 Å². The number of amides is 2. The first kappa shape index (κ1) is 18.3. The first-order chi connectivity index (χ1) is 12.8. The number of hydrogen-bond donors (Lipinski definition) is 2. The van der Waals surface area contributed by atoms with Crippen LogP contribution in [0, 0.1) is 0 Å². The Morgan fingerprint density at radius 3 is 2.07 bits per heavy atom. The van der Waals surface area contributed by atoms with Gasteiger partial charge in [-0.05, 0) is 35.4 Å². The smallest absolute Gasteiger partial charge is 0.231 e. The summed E-state index contributed by atoms with van der Waals surface area (Å²) in [5.41, 5.74) is 3.53. The summed E-state index contributed by atoms with van der Waals surface area (Å²) >= 11 is 0. The van der Waals surface area contributed by atoms with Crippen molar-refractivity contribution in [2.75, 3.05) is 29.6 Å². The second kappa shape index (κ2) is 7.41. The number of fused-ring (bicyclic) bond motifs is 1. The highest BCUT2D eigenvalue weighted by Gasteiger charge is 2.12. The van der Waals surface area contributed by atoms with Crippen LogP contribution in [0.15, 0.2) is 42.5 Å². The van der Waals surface area contributed by atoms with Crippen molar-refractivity contribution < 1.29 is 9.59 Å². The van der Waals surface area contributed by atoms with E-state index in [1.807, 2.05) is 61.5 Å². The van der Waals surface area contributed by atoms with Crippen molar-refractivity contribution in [2.45, 2.75) is 13.8 Å². The van der Waals surface area contributed by atoms with Crippen LogP contribution in [-0.4, -0.2) is 35.9 Å². The van der Waals surface area contributed by atoms with Crippen molar-refractivity contribution in [3.8, 4) is 11.1 Å². The first-order valence-electron chi connectivity index (χ1n) is 8.48. The molecule has 0 aliphatic carbocycles. The summed E-state index contributed by atoms with van der Waals surface area (Å²) in [6.45, 7) is 2.91. The summed E-state index contributed by atoms with van der Waals surface area (Å²) in [5.74, 6) is 0.692. The number of aromatic nitrogens is 2. The quantitative estimate of drug-likeness (QED) is 0.743. The van der Waals surface area contributed by atoms with E-state index in [2.05, 4.69) is 20.6 Å². The van der Waals surface area contributed by atoms with Gasteiger partial charge in [0.1, 0.15) is 5.82 Å². The highest BCUT2D eigenvalue weighted by molar-refractivity contribution is 5.96. The van der Waals surface area contributed by atoms with Gasteiger partial charge in [-0.3, -0.25) is 14.9 Å². The van der Waals surface area contributed by atoms with E-state index in [1.165, 1.54) is 13.8 Å². The van der Waals surface area contributed by atoms with Crippen LogP contribution in [0.1, 0.15) is 13.8 Å². The summed E-state index contributed by atoms with van der Waals surface area (Å²) in [5, 5.41) is 6.28. The fourth-order valence-corrected chi connectivity index (χ4v) is 2.80. The summed E-state index contributed by atoms with van der Waals surface area (Å²) in [6.07, 6.45) is 0. The van der Waals surface area contributed by atoms with E-state index in [-0.39, 0.29) is 17.8 Å². The second-order valence-corrected chi connectivity index (χ2v) is 6.44. The average molecular weight is 363 g/mol. The molecular formula is C20H21N5O2. The molecule has 2 N–H and O–H groups in total. The van der Waals surface area contributed by atoms with Crippen molar-refractivity contribution >= 4 is 40.2 Å². The number of nitrogens with zero attached hydrogens (tertiary/aromatic N) is 3. The van der Waals surface area contributed by atoms with Crippen LogP contribution in [0.2, 0.25) is 0 Å². The zero-order chi connectivity index (χ0) is 19.6. The van der Waals surface area contributed by atoms with Crippen molar-refractivity contribution in [1.29, 1.82) is 0 Å². The fraction of sp³-hybridized carbons (Fsp3) is 0.200. The van der Waals surface area contributed by atoms with E-state index in [4.69, 9.17) is 0 Å². The van der Waals surface area contributed by atoms with Gasteiger partial charge in [0.2, 0.25) is 17.8 Å². The lowest BCUT2D eigenvalue weighted by molar-refractivity contribution is -0.115. The van der Waals surface area contributed by atoms with Crippen molar-refractivity contribution in [3.63, 3.8) is 0 Å². The maximum atomic E-state index is 11.3. The number of anilines is 3. The molecule has 0 aliphatic heterocycles. The van der Waals surface area contributed by atoms with Crippen LogP contribution < -0.4 is 15.5 Å². The molecule has 0 bridgehead atoms. The van der Waals surface area contributed by atoms with Gasteiger partial charge in [-0.2, -0.15) is 4.98 Å². The molecule has 0 aliphatic rings. The first-order valence-corrected chi connectivity index (χ1v) is 8.48. The standard InChI is InChI=1S/C20H21N5O2/c1-12(26)21-16-8-5-14(6-9-16)15-7-10-18-17(11-15)19(25(3)4)24-20(23-18)22-13(2)27/h5-11H,1-4H3,(H,21,26)(H,22,23,24,27). The lowest BCUT2D eigenvalue weighted by Gasteiger charge is -2.16. The van der Waals surface area contributed by atoms with Crippen LogP contribution in [0.3, 0.4) is 0 Å². The third kappa shape index (κ3) is 4.20. The van der Waals surface area contributed by atoms with E-state index in [1.54, 1.807) is 0 Å². The molecule has 27 heavy (non-hydrogen) atoms. The van der Waals surface area contributed by atoms with Crippen molar-refractivity contribution in [3.05, 3.63) is 42.5 Å². The van der Waals surface area contributed by atoms with Crippen LogP contribution in [0.4, 0.5) is 17.5 Å². The minimum absolute atomic E-state index is 0.101. The van der Waals surface area contributed by atoms with Gasteiger partial charge in [-0.1, -0.05) is 18.2 Å². The van der Waals surface area contributed by atoms with Crippen molar-refractivity contribution in [2.24, 2.45) is 0 Å². The molecule has 7 heteroatoms. The predicted octanol–water partition coefficient (Wildman–Crippen LogP) is 3.28. The van der Waals surface area contributed by atoms with E-state index in [0.717, 1.165) is 33.5 Å². The summed E-state index contributed by atoms with van der Waals surface area (Å²) < 4.78 is 0. The third-order valence-corrected chi connectivity index (χ3v) is 3.93. The fourth-order valence-electron chi connectivity index (χ4n) is 2.80. The van der Waals surface area contributed by atoms with Gasteiger partial charge in [-0.25, -0.2) is 4.98 Å². The number of carbonyl (C=O) groups excluding carboxylic acids is 2. The van der Waals surface area contributed by atoms with Gasteiger partial charge in [0, 0.05) is 39.0 Å².